The van der Waals surface area contributed by atoms with Gasteiger partial charge >= 0.3 is 0 Å². The topological polar surface area (TPSA) is 84.1 Å². The van der Waals surface area contributed by atoms with Crippen LogP contribution in [0.5, 0.6) is 5.88 Å². The lowest BCUT2D eigenvalue weighted by Gasteiger charge is -2.05. The number of H-pyrrole nitrogens is 1. The third-order valence-corrected chi connectivity index (χ3v) is 3.78. The number of nitrogens with zero attached hydrogens (tertiary/aromatic N) is 1. The Balaban J connectivity index is 1.93. The number of nitrogens with one attached hydrogen (secondary N) is 2. The smallest absolute Gasteiger partial charge is 0.255 e. The first kappa shape index (κ1) is 15.6. The second kappa shape index (κ2) is 7.28. The highest BCUT2D eigenvalue weighted by molar-refractivity contribution is 9.10. The van der Waals surface area contributed by atoms with Crippen LogP contribution in [0.3, 0.4) is 0 Å². The lowest BCUT2D eigenvalue weighted by atomic mass is 10.3. The summed E-state index contributed by atoms with van der Waals surface area (Å²) >= 11 is 4.45. The SMILES string of the molecule is COc1cc(=O)[nH]c(SCC(=O)Nc2ccc(Br)cc2)n1. The van der Waals surface area contributed by atoms with Crippen LogP contribution in [0.2, 0.25) is 0 Å². The van der Waals surface area contributed by atoms with E-state index in [2.05, 4.69) is 31.2 Å². The average molecular weight is 370 g/mol. The largest absolute Gasteiger partial charge is 0.481 e. The lowest BCUT2D eigenvalue weighted by molar-refractivity contribution is -0.113. The number of halogens is 1. The van der Waals surface area contributed by atoms with Gasteiger partial charge in [0, 0.05) is 10.2 Å². The first-order valence-corrected chi connectivity index (χ1v) is 7.68. The normalized spacial score (nSPS) is 10.2. The van der Waals surface area contributed by atoms with Gasteiger partial charge < -0.3 is 15.0 Å². The molecule has 0 bridgehead atoms. The van der Waals surface area contributed by atoms with Crippen molar-refractivity contribution in [3.8, 4) is 5.88 Å². The maximum absolute atomic E-state index is 11.8. The fourth-order valence-corrected chi connectivity index (χ4v) is 2.38. The molecular weight excluding hydrogens is 358 g/mol. The summed E-state index contributed by atoms with van der Waals surface area (Å²) in [5.74, 6) is 0.161. The highest BCUT2D eigenvalue weighted by atomic mass is 79.9. The van der Waals surface area contributed by atoms with Gasteiger partial charge in [0.2, 0.25) is 11.8 Å². The van der Waals surface area contributed by atoms with Crippen LogP contribution in [0.25, 0.3) is 0 Å². The van der Waals surface area contributed by atoms with E-state index in [1.807, 2.05) is 12.1 Å². The number of methoxy groups -OCH3 is 1. The van der Waals surface area contributed by atoms with E-state index in [0.29, 0.717) is 10.8 Å². The molecule has 21 heavy (non-hydrogen) atoms. The van der Waals surface area contributed by atoms with Crippen LogP contribution in [0.1, 0.15) is 0 Å². The summed E-state index contributed by atoms with van der Waals surface area (Å²) in [5, 5.41) is 3.09. The number of aromatic nitrogens is 2. The molecule has 0 fully saturated rings. The molecule has 0 aliphatic rings. The van der Waals surface area contributed by atoms with E-state index >= 15 is 0 Å². The van der Waals surface area contributed by atoms with E-state index in [1.165, 1.54) is 13.2 Å². The summed E-state index contributed by atoms with van der Waals surface area (Å²) < 4.78 is 5.84. The zero-order valence-electron chi connectivity index (χ0n) is 11.1. The highest BCUT2D eigenvalue weighted by Crippen LogP contribution is 2.16. The molecule has 1 heterocycles. The van der Waals surface area contributed by atoms with E-state index < -0.39 is 0 Å². The molecule has 1 aromatic carbocycles. The molecule has 0 radical (unpaired) electrons. The summed E-state index contributed by atoms with van der Waals surface area (Å²) in [4.78, 5) is 29.7. The van der Waals surface area contributed by atoms with Crippen LogP contribution < -0.4 is 15.6 Å². The molecule has 1 aromatic heterocycles. The second-order valence-corrected chi connectivity index (χ2v) is 5.82. The Morgan fingerprint density at radius 1 is 1.43 bits per heavy atom. The van der Waals surface area contributed by atoms with Gasteiger partial charge in [-0.2, -0.15) is 4.98 Å². The van der Waals surface area contributed by atoms with Crippen LogP contribution in [0.15, 0.2) is 44.8 Å². The number of hydrogen-bond acceptors (Lipinski definition) is 5. The van der Waals surface area contributed by atoms with Gasteiger partial charge in [0.15, 0.2) is 5.16 Å². The Bertz CT molecular complexity index is 688. The van der Waals surface area contributed by atoms with E-state index in [1.54, 1.807) is 12.1 Å². The summed E-state index contributed by atoms with van der Waals surface area (Å²) in [5.41, 5.74) is 0.383. The molecular formula is C13H12BrN3O3S. The number of amides is 1. The van der Waals surface area contributed by atoms with Gasteiger partial charge in [-0.05, 0) is 24.3 Å². The Morgan fingerprint density at radius 2 is 2.14 bits per heavy atom. The van der Waals surface area contributed by atoms with Crippen LogP contribution in [0.4, 0.5) is 5.69 Å². The molecule has 1 amide bonds. The molecule has 8 heteroatoms. The fraction of sp³-hybridized carbons (Fsp3) is 0.154. The number of ether oxygens (including phenoxy) is 1. The van der Waals surface area contributed by atoms with E-state index in [9.17, 15) is 9.59 Å². The van der Waals surface area contributed by atoms with Crippen molar-refractivity contribution in [3.63, 3.8) is 0 Å². The summed E-state index contributed by atoms with van der Waals surface area (Å²) in [6.45, 7) is 0. The number of hydrogen-bond donors (Lipinski definition) is 2. The maximum atomic E-state index is 11.8. The van der Waals surface area contributed by atoms with Crippen LogP contribution in [0, 0.1) is 0 Å². The Hall–Kier alpha value is -1.80. The third kappa shape index (κ3) is 4.91. The maximum Gasteiger partial charge on any atom is 0.255 e. The van der Waals surface area contributed by atoms with Gasteiger partial charge in [-0.3, -0.25) is 9.59 Å². The minimum Gasteiger partial charge on any atom is -0.481 e. The number of rotatable bonds is 5. The van der Waals surface area contributed by atoms with Crippen molar-refractivity contribution < 1.29 is 9.53 Å². The molecule has 6 nitrogen and oxygen atoms in total. The number of thioether (sulfide) groups is 1. The first-order chi connectivity index (χ1) is 10.1. The molecule has 0 spiro atoms. The molecule has 0 atom stereocenters. The quantitative estimate of drug-likeness (QED) is 0.623. The summed E-state index contributed by atoms with van der Waals surface area (Å²) in [6.07, 6.45) is 0. The second-order valence-electron chi connectivity index (χ2n) is 3.94. The number of benzene rings is 1. The van der Waals surface area contributed by atoms with E-state index in [4.69, 9.17) is 4.74 Å². The van der Waals surface area contributed by atoms with Gasteiger partial charge in [-0.15, -0.1) is 0 Å². The molecule has 0 aliphatic carbocycles. The molecule has 110 valence electrons. The monoisotopic (exact) mass is 369 g/mol. The van der Waals surface area contributed by atoms with Gasteiger partial charge in [0.05, 0.1) is 18.9 Å². The fourth-order valence-electron chi connectivity index (χ4n) is 1.45. The van der Waals surface area contributed by atoms with Gasteiger partial charge in [0.25, 0.3) is 5.56 Å². The van der Waals surface area contributed by atoms with Crippen molar-refractivity contribution >= 4 is 39.3 Å². The molecule has 2 aromatic rings. The predicted molar refractivity (Wildman–Crippen MR) is 84.9 cm³/mol. The van der Waals surface area contributed by atoms with Gasteiger partial charge in [0.1, 0.15) is 0 Å². The highest BCUT2D eigenvalue weighted by Gasteiger charge is 2.07. The minimum absolute atomic E-state index is 0.131. The molecule has 2 N–H and O–H groups in total. The number of anilines is 1. The molecule has 0 saturated carbocycles. The lowest BCUT2D eigenvalue weighted by Crippen LogP contribution is -2.15. The van der Waals surface area contributed by atoms with Crippen molar-refractivity contribution in [2.24, 2.45) is 0 Å². The molecule has 2 rings (SSSR count). The Morgan fingerprint density at radius 3 is 2.81 bits per heavy atom. The first-order valence-electron chi connectivity index (χ1n) is 5.90. The van der Waals surface area contributed by atoms with Crippen LogP contribution >= 0.6 is 27.7 Å². The zero-order chi connectivity index (χ0) is 15.2. The van der Waals surface area contributed by atoms with E-state index in [-0.39, 0.29) is 23.1 Å². The molecule has 0 saturated heterocycles. The van der Waals surface area contributed by atoms with Gasteiger partial charge in [-0.25, -0.2) is 0 Å². The van der Waals surface area contributed by atoms with Crippen LogP contribution in [-0.4, -0.2) is 28.7 Å². The average Bonchev–Trinajstić information content (AvgIpc) is 2.47. The van der Waals surface area contributed by atoms with Crippen LogP contribution in [-0.2, 0) is 4.79 Å². The van der Waals surface area contributed by atoms with Crippen molar-refractivity contribution in [2.75, 3.05) is 18.2 Å². The Labute approximate surface area is 133 Å². The molecule has 0 aliphatic heterocycles. The third-order valence-electron chi connectivity index (χ3n) is 2.37. The predicted octanol–water partition coefficient (Wildman–Crippen LogP) is 2.27. The van der Waals surface area contributed by atoms with Crippen molar-refractivity contribution in [3.05, 3.63) is 45.2 Å². The number of aromatic amines is 1. The minimum atomic E-state index is -0.322. The zero-order valence-corrected chi connectivity index (χ0v) is 13.5. The van der Waals surface area contributed by atoms with Crippen molar-refractivity contribution in [2.45, 2.75) is 5.16 Å². The summed E-state index contributed by atoms with van der Waals surface area (Å²) in [6, 6.07) is 8.50. The Kier molecular flexibility index (Phi) is 5.40. The standard InChI is InChI=1S/C13H12BrN3O3S/c1-20-12-6-10(18)16-13(17-12)21-7-11(19)15-9-4-2-8(14)3-5-9/h2-6H,7H2,1H3,(H,15,19)(H,16,17,18). The molecule has 0 unspecified atom stereocenters. The number of carbonyl (C=O) groups is 1. The number of carbonyl (C=O) groups excluding carboxylic acids is 1. The van der Waals surface area contributed by atoms with E-state index in [0.717, 1.165) is 16.2 Å². The van der Waals surface area contributed by atoms with Crippen molar-refractivity contribution in [1.29, 1.82) is 0 Å². The van der Waals surface area contributed by atoms with Crippen molar-refractivity contribution in [1.82, 2.24) is 9.97 Å². The van der Waals surface area contributed by atoms with Gasteiger partial charge in [-0.1, -0.05) is 27.7 Å². The summed E-state index contributed by atoms with van der Waals surface area (Å²) in [7, 11) is 1.43.